The number of likely N-dealkylation sites (N-methyl/N-ethyl adjacent to an activating group) is 1. The first kappa shape index (κ1) is 16.7. The number of hydrogen-bond donors (Lipinski definition) is 1. The number of nitrogens with zero attached hydrogens (tertiary/aromatic N) is 2. The van der Waals surface area contributed by atoms with Crippen LogP contribution in [0.3, 0.4) is 0 Å². The normalized spacial score (nSPS) is 22.4. The maximum Gasteiger partial charge on any atom is 0.236 e. The molecule has 6 heteroatoms. The summed E-state index contributed by atoms with van der Waals surface area (Å²) >= 11 is 0. The van der Waals surface area contributed by atoms with E-state index in [9.17, 15) is 14.3 Å². The quantitative estimate of drug-likeness (QED) is 0.885. The van der Waals surface area contributed by atoms with Gasteiger partial charge in [-0.15, -0.1) is 0 Å². The fourth-order valence-electron chi connectivity index (χ4n) is 2.54. The van der Waals surface area contributed by atoms with Crippen LogP contribution in [0, 0.1) is 5.82 Å². The number of likely N-dealkylation sites (tertiary alicyclic amines) is 1. The van der Waals surface area contributed by atoms with Crippen molar-refractivity contribution in [1.82, 2.24) is 9.80 Å². The molecule has 22 heavy (non-hydrogen) atoms. The van der Waals surface area contributed by atoms with Crippen molar-refractivity contribution >= 4 is 5.91 Å². The Morgan fingerprint density at radius 2 is 2.09 bits per heavy atom. The summed E-state index contributed by atoms with van der Waals surface area (Å²) in [7, 11) is 3.44. The third-order valence-electron chi connectivity index (χ3n) is 3.81. The first-order valence-electron chi connectivity index (χ1n) is 7.41. The number of piperidine rings is 1. The van der Waals surface area contributed by atoms with E-state index in [0.29, 0.717) is 25.3 Å². The summed E-state index contributed by atoms with van der Waals surface area (Å²) < 4.78 is 18.4. The van der Waals surface area contributed by atoms with Crippen LogP contribution in [0.15, 0.2) is 24.3 Å². The predicted octanol–water partition coefficient (Wildman–Crippen LogP) is 1.12. The van der Waals surface area contributed by atoms with Crippen molar-refractivity contribution in [3.8, 4) is 5.75 Å². The Balaban J connectivity index is 1.88. The summed E-state index contributed by atoms with van der Waals surface area (Å²) in [5.41, 5.74) is -0.987. The van der Waals surface area contributed by atoms with Gasteiger partial charge in [-0.1, -0.05) is 0 Å². The molecule has 0 aromatic heterocycles. The molecular formula is C16H23FN2O3. The zero-order valence-electron chi connectivity index (χ0n) is 13.1. The number of halogens is 1. The zero-order chi connectivity index (χ0) is 16.2. The molecule has 1 amide bonds. The standard InChI is InChI=1S/C16H23FN2O3/c1-18(2)15(20)10-19-9-3-8-16(21,11-19)12-22-14-6-4-13(17)5-7-14/h4-7,21H,3,8-12H2,1-2H3. The molecule has 0 bridgehead atoms. The van der Waals surface area contributed by atoms with Crippen molar-refractivity contribution in [3.05, 3.63) is 30.1 Å². The molecule has 0 radical (unpaired) electrons. The van der Waals surface area contributed by atoms with E-state index in [2.05, 4.69) is 0 Å². The lowest BCUT2D eigenvalue weighted by atomic mass is 9.93. The van der Waals surface area contributed by atoms with Crippen LogP contribution in [0.5, 0.6) is 5.75 Å². The van der Waals surface area contributed by atoms with E-state index >= 15 is 0 Å². The molecule has 1 aliphatic rings. The summed E-state index contributed by atoms with van der Waals surface area (Å²) in [6, 6.07) is 5.72. The van der Waals surface area contributed by atoms with E-state index < -0.39 is 5.60 Å². The van der Waals surface area contributed by atoms with Gasteiger partial charge >= 0.3 is 0 Å². The largest absolute Gasteiger partial charge is 0.491 e. The summed E-state index contributed by atoms with van der Waals surface area (Å²) in [6.07, 6.45) is 1.44. The molecule has 0 aliphatic carbocycles. The summed E-state index contributed by atoms with van der Waals surface area (Å²) in [5.74, 6) is 0.220. The fraction of sp³-hybridized carbons (Fsp3) is 0.562. The van der Waals surface area contributed by atoms with Gasteiger partial charge in [0.25, 0.3) is 0 Å². The second-order valence-electron chi connectivity index (χ2n) is 6.07. The predicted molar refractivity (Wildman–Crippen MR) is 81.2 cm³/mol. The molecule has 1 aromatic rings. The van der Waals surface area contributed by atoms with E-state index in [4.69, 9.17) is 4.74 Å². The smallest absolute Gasteiger partial charge is 0.236 e. The van der Waals surface area contributed by atoms with Gasteiger partial charge in [-0.25, -0.2) is 4.39 Å². The lowest BCUT2D eigenvalue weighted by Gasteiger charge is -2.38. The Labute approximate surface area is 130 Å². The number of carbonyl (C=O) groups is 1. The summed E-state index contributed by atoms with van der Waals surface area (Å²) in [6.45, 7) is 1.61. The maximum absolute atomic E-state index is 12.8. The zero-order valence-corrected chi connectivity index (χ0v) is 13.1. The summed E-state index contributed by atoms with van der Waals surface area (Å²) in [5, 5.41) is 10.6. The molecule has 1 aromatic carbocycles. The third-order valence-corrected chi connectivity index (χ3v) is 3.81. The van der Waals surface area contributed by atoms with Crippen molar-refractivity contribution in [1.29, 1.82) is 0 Å². The minimum atomic E-state index is -0.987. The lowest BCUT2D eigenvalue weighted by Crippen LogP contribution is -2.53. The molecule has 1 fully saturated rings. The first-order valence-corrected chi connectivity index (χ1v) is 7.41. The second-order valence-corrected chi connectivity index (χ2v) is 6.07. The minimum Gasteiger partial charge on any atom is -0.491 e. The van der Waals surface area contributed by atoms with Crippen LogP contribution in [0.2, 0.25) is 0 Å². The fourth-order valence-corrected chi connectivity index (χ4v) is 2.54. The highest BCUT2D eigenvalue weighted by Crippen LogP contribution is 2.23. The molecule has 122 valence electrons. The van der Waals surface area contributed by atoms with Crippen molar-refractivity contribution < 1.29 is 19.0 Å². The first-order chi connectivity index (χ1) is 10.4. The number of carbonyl (C=O) groups excluding carboxylic acids is 1. The Morgan fingerprint density at radius 1 is 1.41 bits per heavy atom. The van der Waals surface area contributed by atoms with E-state index in [0.717, 1.165) is 13.0 Å². The van der Waals surface area contributed by atoms with Gasteiger partial charge < -0.3 is 14.7 Å². The number of β-amino-alcohol motifs (C(OH)–C–C–N with tert-alkyl or cyclic N) is 1. The average Bonchev–Trinajstić information content (AvgIpc) is 2.47. The number of hydrogen-bond acceptors (Lipinski definition) is 4. The third kappa shape index (κ3) is 4.68. The lowest BCUT2D eigenvalue weighted by molar-refractivity contribution is -0.132. The van der Waals surface area contributed by atoms with Gasteiger partial charge in [0.15, 0.2) is 0 Å². The van der Waals surface area contributed by atoms with Gasteiger partial charge in [0, 0.05) is 20.6 Å². The molecule has 1 unspecified atom stereocenters. The Kier molecular flexibility index (Phi) is 5.37. The molecule has 1 N–H and O–H groups in total. The number of benzene rings is 1. The molecule has 2 rings (SSSR count). The Morgan fingerprint density at radius 3 is 2.73 bits per heavy atom. The van der Waals surface area contributed by atoms with Crippen molar-refractivity contribution in [2.75, 3.05) is 40.3 Å². The molecule has 5 nitrogen and oxygen atoms in total. The SMILES string of the molecule is CN(C)C(=O)CN1CCCC(O)(COc2ccc(F)cc2)C1. The van der Waals surface area contributed by atoms with Crippen LogP contribution in [0.25, 0.3) is 0 Å². The van der Waals surface area contributed by atoms with Gasteiger partial charge in [0.05, 0.1) is 6.54 Å². The van der Waals surface area contributed by atoms with Crippen LogP contribution in [-0.4, -0.2) is 66.8 Å². The Bertz CT molecular complexity index is 507. The number of aliphatic hydroxyl groups is 1. The monoisotopic (exact) mass is 310 g/mol. The van der Waals surface area contributed by atoms with E-state index in [1.807, 2.05) is 4.90 Å². The molecule has 0 spiro atoms. The molecule has 0 saturated carbocycles. The number of ether oxygens (including phenoxy) is 1. The number of rotatable bonds is 5. The highest BCUT2D eigenvalue weighted by Gasteiger charge is 2.34. The van der Waals surface area contributed by atoms with Gasteiger partial charge in [0.1, 0.15) is 23.8 Å². The van der Waals surface area contributed by atoms with Gasteiger partial charge in [-0.05, 0) is 43.7 Å². The van der Waals surface area contributed by atoms with E-state index in [1.54, 1.807) is 19.0 Å². The summed E-state index contributed by atoms with van der Waals surface area (Å²) in [4.78, 5) is 15.3. The van der Waals surface area contributed by atoms with Crippen molar-refractivity contribution in [2.45, 2.75) is 18.4 Å². The van der Waals surface area contributed by atoms with Crippen LogP contribution in [0.1, 0.15) is 12.8 Å². The van der Waals surface area contributed by atoms with Gasteiger partial charge in [-0.2, -0.15) is 0 Å². The molecular weight excluding hydrogens is 287 g/mol. The highest BCUT2D eigenvalue weighted by molar-refractivity contribution is 5.77. The average molecular weight is 310 g/mol. The topological polar surface area (TPSA) is 53.0 Å². The van der Waals surface area contributed by atoms with Crippen molar-refractivity contribution in [3.63, 3.8) is 0 Å². The van der Waals surface area contributed by atoms with Gasteiger partial charge in [-0.3, -0.25) is 9.69 Å². The maximum atomic E-state index is 12.8. The van der Waals surface area contributed by atoms with Crippen LogP contribution in [0.4, 0.5) is 4.39 Å². The Hall–Kier alpha value is -1.66. The highest BCUT2D eigenvalue weighted by atomic mass is 19.1. The molecule has 1 atom stereocenters. The van der Waals surface area contributed by atoms with Crippen LogP contribution >= 0.6 is 0 Å². The number of amides is 1. The molecule has 1 saturated heterocycles. The van der Waals surface area contributed by atoms with E-state index in [1.165, 1.54) is 24.3 Å². The second kappa shape index (κ2) is 7.07. The molecule has 1 aliphatic heterocycles. The van der Waals surface area contributed by atoms with Crippen molar-refractivity contribution in [2.24, 2.45) is 0 Å². The van der Waals surface area contributed by atoms with Gasteiger partial charge in [0.2, 0.25) is 5.91 Å². The van der Waals surface area contributed by atoms with E-state index in [-0.39, 0.29) is 18.3 Å². The molecule has 1 heterocycles. The van der Waals surface area contributed by atoms with Crippen LogP contribution < -0.4 is 4.74 Å². The van der Waals surface area contributed by atoms with Crippen LogP contribution in [-0.2, 0) is 4.79 Å². The minimum absolute atomic E-state index is 0.0173.